The van der Waals surface area contributed by atoms with Gasteiger partial charge in [-0.3, -0.25) is 0 Å². The molecule has 1 aromatic heterocycles. The first-order valence-corrected chi connectivity index (χ1v) is 6.56. The van der Waals surface area contributed by atoms with Crippen LogP contribution in [0.4, 0.5) is 5.69 Å². The second-order valence-corrected chi connectivity index (χ2v) is 5.27. The molecule has 0 radical (unpaired) electrons. The Kier molecular flexibility index (Phi) is 4.04. The maximum Gasteiger partial charge on any atom is 0.213 e. The number of pyridine rings is 1. The number of rotatable bonds is 4. The maximum absolute atomic E-state index is 6.21. The molecule has 2 aromatic rings. The van der Waals surface area contributed by atoms with Crippen molar-refractivity contribution < 1.29 is 9.47 Å². The molecule has 106 valence electrons. The summed E-state index contributed by atoms with van der Waals surface area (Å²) in [5.74, 6) is 1.20. The lowest BCUT2D eigenvalue weighted by atomic mass is 10.0. The minimum Gasteiger partial charge on any atom is -0.481 e. The van der Waals surface area contributed by atoms with Crippen LogP contribution < -0.4 is 15.2 Å². The number of nitrogens with zero attached hydrogens (tertiary/aromatic N) is 1. The van der Waals surface area contributed by atoms with E-state index in [1.165, 1.54) is 0 Å². The highest BCUT2D eigenvalue weighted by Gasteiger charge is 2.28. The van der Waals surface area contributed by atoms with Gasteiger partial charge in [0, 0.05) is 11.8 Å². The third-order valence-corrected chi connectivity index (χ3v) is 3.16. The Balaban J connectivity index is 2.31. The van der Waals surface area contributed by atoms with E-state index in [-0.39, 0.29) is 0 Å². The smallest absolute Gasteiger partial charge is 0.213 e. The molecule has 4 nitrogen and oxygen atoms in total. The molecule has 0 saturated carbocycles. The molecule has 1 aromatic carbocycles. The van der Waals surface area contributed by atoms with E-state index in [0.29, 0.717) is 28.0 Å². The van der Waals surface area contributed by atoms with Gasteiger partial charge in [-0.25, -0.2) is 4.98 Å². The summed E-state index contributed by atoms with van der Waals surface area (Å²) in [5, 5.41) is 0.534. The summed E-state index contributed by atoms with van der Waals surface area (Å²) in [5.41, 5.74) is 6.27. The number of hydrogen-bond donors (Lipinski definition) is 1. The molecule has 2 rings (SSSR count). The zero-order valence-electron chi connectivity index (χ0n) is 11.7. The van der Waals surface area contributed by atoms with Crippen LogP contribution in [0.25, 0.3) is 0 Å². The van der Waals surface area contributed by atoms with Gasteiger partial charge in [0.15, 0.2) is 0 Å². The number of hydrogen-bond acceptors (Lipinski definition) is 4. The van der Waals surface area contributed by atoms with Crippen LogP contribution in [0.1, 0.15) is 19.5 Å². The van der Waals surface area contributed by atoms with Crippen LogP contribution in [0, 0.1) is 0 Å². The van der Waals surface area contributed by atoms with E-state index in [9.17, 15) is 0 Å². The highest BCUT2D eigenvalue weighted by atomic mass is 35.5. The fourth-order valence-corrected chi connectivity index (χ4v) is 2.17. The Hall–Kier alpha value is -1.94. The average Bonchev–Trinajstić information content (AvgIpc) is 2.41. The van der Waals surface area contributed by atoms with Gasteiger partial charge in [0.05, 0.1) is 12.1 Å². The number of nitrogens with two attached hydrogens (primary N) is 1. The van der Waals surface area contributed by atoms with E-state index < -0.39 is 5.60 Å². The molecule has 0 aliphatic carbocycles. The van der Waals surface area contributed by atoms with Crippen molar-refractivity contribution in [3.8, 4) is 11.6 Å². The Labute approximate surface area is 123 Å². The molecule has 0 amide bonds. The third kappa shape index (κ3) is 3.14. The first kappa shape index (κ1) is 14.5. The minimum absolute atomic E-state index is 0.499. The topological polar surface area (TPSA) is 57.4 Å². The van der Waals surface area contributed by atoms with Gasteiger partial charge in [-0.1, -0.05) is 11.6 Å². The van der Waals surface area contributed by atoms with Gasteiger partial charge in [0.25, 0.3) is 0 Å². The molecule has 0 unspecified atom stereocenters. The second kappa shape index (κ2) is 5.59. The lowest BCUT2D eigenvalue weighted by Crippen LogP contribution is -2.27. The Bertz CT molecular complexity index is 597. The predicted molar refractivity (Wildman–Crippen MR) is 80.3 cm³/mol. The van der Waals surface area contributed by atoms with Gasteiger partial charge >= 0.3 is 0 Å². The summed E-state index contributed by atoms with van der Waals surface area (Å²) < 4.78 is 11.1. The first-order chi connectivity index (χ1) is 9.42. The average molecular weight is 293 g/mol. The van der Waals surface area contributed by atoms with E-state index in [2.05, 4.69) is 4.98 Å². The highest BCUT2D eigenvalue weighted by Crippen LogP contribution is 2.32. The van der Waals surface area contributed by atoms with Crippen molar-refractivity contribution in [3.63, 3.8) is 0 Å². The van der Waals surface area contributed by atoms with Crippen LogP contribution in [0.15, 0.2) is 36.4 Å². The van der Waals surface area contributed by atoms with Crippen molar-refractivity contribution in [2.45, 2.75) is 19.4 Å². The summed E-state index contributed by atoms with van der Waals surface area (Å²) in [7, 11) is 1.56. The molecular weight excluding hydrogens is 276 g/mol. The quantitative estimate of drug-likeness (QED) is 0.874. The molecule has 0 spiro atoms. The number of aromatic nitrogens is 1. The molecule has 0 fully saturated rings. The third-order valence-electron chi connectivity index (χ3n) is 2.85. The lowest BCUT2D eigenvalue weighted by molar-refractivity contribution is 0.103. The van der Waals surface area contributed by atoms with Gasteiger partial charge in [-0.05, 0) is 44.2 Å². The van der Waals surface area contributed by atoms with E-state index in [0.717, 1.165) is 0 Å². The number of benzene rings is 1. The molecule has 0 aliphatic heterocycles. The summed E-state index contributed by atoms with van der Waals surface area (Å²) >= 11 is 6.21. The van der Waals surface area contributed by atoms with Gasteiger partial charge in [-0.2, -0.15) is 0 Å². The summed E-state index contributed by atoms with van der Waals surface area (Å²) in [6, 6.07) is 10.6. The van der Waals surface area contributed by atoms with Crippen molar-refractivity contribution >= 4 is 17.3 Å². The van der Waals surface area contributed by atoms with Crippen LogP contribution in [-0.2, 0) is 5.60 Å². The molecule has 2 N–H and O–H groups in total. The molecule has 20 heavy (non-hydrogen) atoms. The van der Waals surface area contributed by atoms with E-state index in [1.54, 1.807) is 31.4 Å². The molecule has 0 bridgehead atoms. The largest absolute Gasteiger partial charge is 0.481 e. The molecule has 0 aliphatic rings. The zero-order valence-corrected chi connectivity index (χ0v) is 12.4. The molecule has 0 saturated heterocycles. The van der Waals surface area contributed by atoms with Crippen molar-refractivity contribution in [2.24, 2.45) is 0 Å². The number of nitrogen functional groups attached to an aromatic ring is 1. The monoisotopic (exact) mass is 292 g/mol. The van der Waals surface area contributed by atoms with Crippen LogP contribution in [0.3, 0.4) is 0 Å². The molecule has 5 heteroatoms. The van der Waals surface area contributed by atoms with Gasteiger partial charge < -0.3 is 15.2 Å². The number of methoxy groups -OCH3 is 1. The summed E-state index contributed by atoms with van der Waals surface area (Å²) in [4.78, 5) is 4.37. The number of halogens is 1. The normalized spacial score (nSPS) is 11.2. The summed E-state index contributed by atoms with van der Waals surface area (Å²) in [6.07, 6.45) is 0. The Morgan fingerprint density at radius 1 is 1.10 bits per heavy atom. The number of anilines is 1. The van der Waals surface area contributed by atoms with Gasteiger partial charge in [0.1, 0.15) is 17.0 Å². The van der Waals surface area contributed by atoms with Gasteiger partial charge in [-0.15, -0.1) is 0 Å². The standard InChI is InChI=1S/C15H17ClN2O2/c1-15(2,20-11-6-4-10(17)5-7-11)14-12(16)8-9-13(18-14)19-3/h4-9H,17H2,1-3H3. The van der Waals surface area contributed by atoms with E-state index in [1.807, 2.05) is 26.0 Å². The Morgan fingerprint density at radius 3 is 2.35 bits per heavy atom. The van der Waals surface area contributed by atoms with Crippen LogP contribution in [0.2, 0.25) is 5.02 Å². The maximum atomic E-state index is 6.21. The second-order valence-electron chi connectivity index (χ2n) is 4.87. The summed E-state index contributed by atoms with van der Waals surface area (Å²) in [6.45, 7) is 3.80. The minimum atomic E-state index is -0.693. The van der Waals surface area contributed by atoms with Crippen LogP contribution in [-0.4, -0.2) is 12.1 Å². The van der Waals surface area contributed by atoms with E-state index >= 15 is 0 Å². The van der Waals surface area contributed by atoms with Crippen molar-refractivity contribution in [2.75, 3.05) is 12.8 Å². The predicted octanol–water partition coefficient (Wildman–Crippen LogP) is 3.64. The fraction of sp³-hybridized carbons (Fsp3) is 0.267. The van der Waals surface area contributed by atoms with Crippen molar-refractivity contribution in [1.29, 1.82) is 0 Å². The fourth-order valence-electron chi connectivity index (χ4n) is 1.84. The zero-order chi connectivity index (χ0) is 14.8. The van der Waals surface area contributed by atoms with E-state index in [4.69, 9.17) is 26.8 Å². The number of ether oxygens (including phenoxy) is 2. The lowest BCUT2D eigenvalue weighted by Gasteiger charge is -2.27. The first-order valence-electron chi connectivity index (χ1n) is 6.18. The highest BCUT2D eigenvalue weighted by molar-refractivity contribution is 6.31. The van der Waals surface area contributed by atoms with Crippen molar-refractivity contribution in [1.82, 2.24) is 4.98 Å². The molecule has 1 heterocycles. The van der Waals surface area contributed by atoms with Crippen LogP contribution >= 0.6 is 11.6 Å². The van der Waals surface area contributed by atoms with Gasteiger partial charge in [0.2, 0.25) is 5.88 Å². The SMILES string of the molecule is COc1ccc(Cl)c(C(C)(C)Oc2ccc(N)cc2)n1. The Morgan fingerprint density at radius 2 is 1.75 bits per heavy atom. The van der Waals surface area contributed by atoms with Crippen LogP contribution in [0.5, 0.6) is 11.6 Å². The van der Waals surface area contributed by atoms with Crippen molar-refractivity contribution in [3.05, 3.63) is 47.1 Å². The molecular formula is C15H17ClN2O2. The molecule has 0 atom stereocenters.